The first-order valence-electron chi connectivity index (χ1n) is 7.78. The summed E-state index contributed by atoms with van der Waals surface area (Å²) in [5.74, 6) is -0.354. The van der Waals surface area contributed by atoms with E-state index < -0.39 is 0 Å². The standard InChI is InChI=1S/C16H28N2O3/c1-13(2)18(12-16(20)21-3)11-15(19)17-10-9-14-7-5-4-6-8-14/h7,13H,4-6,8-12H2,1-3H3,(H,17,19). The third-order valence-corrected chi connectivity index (χ3v) is 3.79. The second-order valence-corrected chi connectivity index (χ2v) is 5.78. The lowest BCUT2D eigenvalue weighted by molar-refractivity contribution is -0.142. The van der Waals surface area contributed by atoms with Crippen molar-refractivity contribution >= 4 is 11.9 Å². The average molecular weight is 296 g/mol. The lowest BCUT2D eigenvalue weighted by Crippen LogP contribution is -2.43. The zero-order valence-corrected chi connectivity index (χ0v) is 13.5. The normalized spacial score (nSPS) is 15.0. The summed E-state index contributed by atoms with van der Waals surface area (Å²) < 4.78 is 4.65. The van der Waals surface area contributed by atoms with Gasteiger partial charge in [-0.3, -0.25) is 14.5 Å². The predicted octanol–water partition coefficient (Wildman–Crippen LogP) is 1.88. The van der Waals surface area contributed by atoms with Gasteiger partial charge in [-0.15, -0.1) is 0 Å². The molecule has 0 radical (unpaired) electrons. The van der Waals surface area contributed by atoms with Crippen molar-refractivity contribution in [3.05, 3.63) is 11.6 Å². The summed E-state index contributed by atoms with van der Waals surface area (Å²) in [5, 5.41) is 2.93. The monoisotopic (exact) mass is 296 g/mol. The topological polar surface area (TPSA) is 58.6 Å². The van der Waals surface area contributed by atoms with Gasteiger partial charge in [-0.05, 0) is 46.0 Å². The maximum Gasteiger partial charge on any atom is 0.319 e. The first-order valence-corrected chi connectivity index (χ1v) is 7.78. The smallest absolute Gasteiger partial charge is 0.319 e. The molecule has 21 heavy (non-hydrogen) atoms. The molecule has 0 unspecified atom stereocenters. The fraction of sp³-hybridized carbons (Fsp3) is 0.750. The van der Waals surface area contributed by atoms with Crippen molar-refractivity contribution in [2.75, 3.05) is 26.7 Å². The molecule has 1 aliphatic carbocycles. The maximum absolute atomic E-state index is 11.9. The van der Waals surface area contributed by atoms with E-state index in [-0.39, 0.29) is 31.0 Å². The van der Waals surface area contributed by atoms with E-state index in [1.165, 1.54) is 31.9 Å². The van der Waals surface area contributed by atoms with Crippen LogP contribution >= 0.6 is 0 Å². The Kier molecular flexibility index (Phi) is 8.05. The summed E-state index contributed by atoms with van der Waals surface area (Å²) in [6.07, 6.45) is 8.12. The molecule has 120 valence electrons. The molecule has 0 saturated carbocycles. The summed E-state index contributed by atoms with van der Waals surface area (Å²) in [6, 6.07) is 0.121. The molecule has 0 heterocycles. The molecule has 5 heteroatoms. The molecule has 1 rings (SSSR count). The Hall–Kier alpha value is -1.36. The van der Waals surface area contributed by atoms with Crippen LogP contribution in [0.5, 0.6) is 0 Å². The van der Waals surface area contributed by atoms with E-state index in [9.17, 15) is 9.59 Å². The van der Waals surface area contributed by atoms with E-state index >= 15 is 0 Å². The Labute approximate surface area is 127 Å². The van der Waals surface area contributed by atoms with Crippen LogP contribution in [-0.2, 0) is 14.3 Å². The van der Waals surface area contributed by atoms with Gasteiger partial charge in [0.25, 0.3) is 0 Å². The number of amides is 1. The van der Waals surface area contributed by atoms with Gasteiger partial charge in [0, 0.05) is 12.6 Å². The minimum Gasteiger partial charge on any atom is -0.468 e. The molecule has 0 aromatic heterocycles. The van der Waals surface area contributed by atoms with E-state index in [0.29, 0.717) is 6.54 Å². The lowest BCUT2D eigenvalue weighted by atomic mass is 9.97. The highest BCUT2D eigenvalue weighted by Crippen LogP contribution is 2.19. The Bertz CT molecular complexity index is 378. The van der Waals surface area contributed by atoms with Gasteiger partial charge >= 0.3 is 5.97 Å². The number of ether oxygens (including phenoxy) is 1. The number of nitrogens with one attached hydrogen (secondary N) is 1. The van der Waals surface area contributed by atoms with Crippen molar-refractivity contribution < 1.29 is 14.3 Å². The van der Waals surface area contributed by atoms with Crippen LogP contribution in [0.2, 0.25) is 0 Å². The lowest BCUT2D eigenvalue weighted by Gasteiger charge is -2.24. The van der Waals surface area contributed by atoms with Crippen LogP contribution in [0, 0.1) is 0 Å². The number of esters is 1. The first-order chi connectivity index (χ1) is 10.0. The molecule has 0 saturated heterocycles. The quantitative estimate of drug-likeness (QED) is 0.549. The zero-order chi connectivity index (χ0) is 15.7. The Morgan fingerprint density at radius 2 is 2.10 bits per heavy atom. The summed E-state index contributed by atoms with van der Waals surface area (Å²) in [6.45, 7) is 4.97. The van der Waals surface area contributed by atoms with Crippen molar-refractivity contribution in [2.24, 2.45) is 0 Å². The number of carbonyl (C=O) groups excluding carboxylic acids is 2. The van der Waals surface area contributed by atoms with E-state index in [2.05, 4.69) is 16.1 Å². The number of nitrogens with zero attached hydrogens (tertiary/aromatic N) is 1. The van der Waals surface area contributed by atoms with Gasteiger partial charge in [0.15, 0.2) is 0 Å². The second kappa shape index (κ2) is 9.55. The Morgan fingerprint density at radius 3 is 2.67 bits per heavy atom. The first kappa shape index (κ1) is 17.7. The SMILES string of the molecule is COC(=O)CN(CC(=O)NCCC1=CCCCC1)C(C)C. The molecule has 0 fully saturated rings. The molecule has 1 amide bonds. The molecule has 0 bridgehead atoms. The zero-order valence-electron chi connectivity index (χ0n) is 13.5. The minimum atomic E-state index is -0.316. The largest absolute Gasteiger partial charge is 0.468 e. The van der Waals surface area contributed by atoms with Crippen LogP contribution in [0.3, 0.4) is 0 Å². The predicted molar refractivity (Wildman–Crippen MR) is 82.9 cm³/mol. The minimum absolute atomic E-state index is 0.0380. The second-order valence-electron chi connectivity index (χ2n) is 5.78. The molecule has 0 aliphatic heterocycles. The summed E-state index contributed by atoms with van der Waals surface area (Å²) in [7, 11) is 1.36. The van der Waals surface area contributed by atoms with Gasteiger partial charge in [0.2, 0.25) is 5.91 Å². The van der Waals surface area contributed by atoms with Crippen LogP contribution in [0.15, 0.2) is 11.6 Å². The van der Waals surface area contributed by atoms with Gasteiger partial charge in [-0.2, -0.15) is 0 Å². The molecule has 1 aliphatic rings. The molecule has 0 atom stereocenters. The van der Waals surface area contributed by atoms with Crippen LogP contribution in [-0.4, -0.2) is 49.6 Å². The molecule has 0 spiro atoms. The van der Waals surface area contributed by atoms with Gasteiger partial charge in [0.05, 0.1) is 20.2 Å². The fourth-order valence-electron chi connectivity index (χ4n) is 2.39. The van der Waals surface area contributed by atoms with E-state index in [4.69, 9.17) is 0 Å². The molecule has 5 nitrogen and oxygen atoms in total. The van der Waals surface area contributed by atoms with E-state index in [1.54, 1.807) is 4.90 Å². The highest BCUT2D eigenvalue weighted by Gasteiger charge is 2.17. The average Bonchev–Trinajstić information content (AvgIpc) is 2.47. The van der Waals surface area contributed by atoms with Crippen molar-refractivity contribution in [1.82, 2.24) is 10.2 Å². The van der Waals surface area contributed by atoms with Gasteiger partial charge in [-0.25, -0.2) is 0 Å². The van der Waals surface area contributed by atoms with Crippen LogP contribution < -0.4 is 5.32 Å². The van der Waals surface area contributed by atoms with Gasteiger partial charge in [0.1, 0.15) is 0 Å². The number of carbonyl (C=O) groups is 2. The summed E-state index contributed by atoms with van der Waals surface area (Å²) in [5.41, 5.74) is 1.46. The number of hydrogen-bond donors (Lipinski definition) is 1. The molecular formula is C16H28N2O3. The molecule has 0 aromatic rings. The van der Waals surface area contributed by atoms with Crippen LogP contribution in [0.1, 0.15) is 46.0 Å². The molecular weight excluding hydrogens is 268 g/mol. The number of rotatable bonds is 8. The van der Waals surface area contributed by atoms with Crippen LogP contribution in [0.25, 0.3) is 0 Å². The van der Waals surface area contributed by atoms with Crippen molar-refractivity contribution in [3.63, 3.8) is 0 Å². The highest BCUT2D eigenvalue weighted by atomic mass is 16.5. The van der Waals surface area contributed by atoms with Crippen molar-refractivity contribution in [2.45, 2.75) is 52.0 Å². The van der Waals surface area contributed by atoms with Gasteiger partial charge in [-0.1, -0.05) is 11.6 Å². The third kappa shape index (κ3) is 7.27. The molecule has 0 aromatic carbocycles. The van der Waals surface area contributed by atoms with Crippen LogP contribution in [0.4, 0.5) is 0 Å². The van der Waals surface area contributed by atoms with E-state index in [1.807, 2.05) is 13.8 Å². The van der Waals surface area contributed by atoms with E-state index in [0.717, 1.165) is 12.8 Å². The Balaban J connectivity index is 2.29. The number of hydrogen-bond acceptors (Lipinski definition) is 4. The number of methoxy groups -OCH3 is 1. The Morgan fingerprint density at radius 1 is 1.33 bits per heavy atom. The van der Waals surface area contributed by atoms with Crippen molar-refractivity contribution in [1.29, 1.82) is 0 Å². The summed E-state index contributed by atoms with van der Waals surface area (Å²) >= 11 is 0. The van der Waals surface area contributed by atoms with Gasteiger partial charge < -0.3 is 10.1 Å². The third-order valence-electron chi connectivity index (χ3n) is 3.79. The fourth-order valence-corrected chi connectivity index (χ4v) is 2.39. The molecule has 1 N–H and O–H groups in total. The summed E-state index contributed by atoms with van der Waals surface area (Å²) in [4.78, 5) is 25.1. The number of allylic oxidation sites excluding steroid dienone is 1. The van der Waals surface area contributed by atoms with Crippen molar-refractivity contribution in [3.8, 4) is 0 Å². The maximum atomic E-state index is 11.9. The highest BCUT2D eigenvalue weighted by molar-refractivity contribution is 5.79.